The number of benzene rings is 2. The van der Waals surface area contributed by atoms with Crippen LogP contribution in [0.5, 0.6) is 11.5 Å². The number of amides is 1. The first kappa shape index (κ1) is 17.9. The molecule has 2 aromatic carbocycles. The minimum Gasteiger partial charge on any atom is -0.493 e. The van der Waals surface area contributed by atoms with E-state index in [1.807, 2.05) is 17.5 Å². The molecule has 0 radical (unpaired) electrons. The Hall–Kier alpha value is -2.86. The highest BCUT2D eigenvalue weighted by Gasteiger charge is 2.13. The number of thiazole rings is 1. The standard InChI is InChI=1S/C20H20N2O3S/c1-4-13-5-7-14(8-6-13)16-12-26-20(21-16)22-19(23)15-9-10-17(24-2)18(11-15)25-3/h5-12H,4H2,1-3H3,(H,21,22,23). The number of aryl methyl sites for hydroxylation is 1. The first-order valence-electron chi connectivity index (χ1n) is 8.22. The number of carbonyl (C=O) groups excluding carboxylic acids is 1. The van der Waals surface area contributed by atoms with Crippen LogP contribution in [0.3, 0.4) is 0 Å². The van der Waals surface area contributed by atoms with Gasteiger partial charge in [0.15, 0.2) is 16.6 Å². The van der Waals surface area contributed by atoms with Crippen LogP contribution in [-0.4, -0.2) is 25.1 Å². The zero-order chi connectivity index (χ0) is 18.5. The van der Waals surface area contributed by atoms with Crippen LogP contribution in [0.2, 0.25) is 0 Å². The molecule has 0 saturated carbocycles. The van der Waals surface area contributed by atoms with E-state index in [9.17, 15) is 4.79 Å². The van der Waals surface area contributed by atoms with Gasteiger partial charge in [-0.25, -0.2) is 4.98 Å². The van der Waals surface area contributed by atoms with Gasteiger partial charge in [0.2, 0.25) is 0 Å². The molecule has 0 spiro atoms. The highest BCUT2D eigenvalue weighted by Crippen LogP contribution is 2.29. The highest BCUT2D eigenvalue weighted by atomic mass is 32.1. The first-order valence-corrected chi connectivity index (χ1v) is 9.10. The fourth-order valence-corrected chi connectivity index (χ4v) is 3.24. The molecule has 0 unspecified atom stereocenters. The average Bonchev–Trinajstić information content (AvgIpc) is 3.15. The van der Waals surface area contributed by atoms with E-state index < -0.39 is 0 Å². The van der Waals surface area contributed by atoms with Gasteiger partial charge in [-0.05, 0) is 30.2 Å². The Morgan fingerprint density at radius 1 is 1.08 bits per heavy atom. The Kier molecular flexibility index (Phi) is 5.53. The van der Waals surface area contributed by atoms with E-state index in [4.69, 9.17) is 9.47 Å². The summed E-state index contributed by atoms with van der Waals surface area (Å²) in [5.41, 5.74) is 3.64. The van der Waals surface area contributed by atoms with E-state index in [1.54, 1.807) is 25.3 Å². The minimum absolute atomic E-state index is 0.242. The fourth-order valence-electron chi connectivity index (χ4n) is 2.52. The topological polar surface area (TPSA) is 60.5 Å². The Morgan fingerprint density at radius 3 is 2.46 bits per heavy atom. The summed E-state index contributed by atoms with van der Waals surface area (Å²) in [6, 6.07) is 13.3. The summed E-state index contributed by atoms with van der Waals surface area (Å²) in [6.07, 6.45) is 1.00. The molecule has 1 heterocycles. The Balaban J connectivity index is 1.75. The molecule has 26 heavy (non-hydrogen) atoms. The van der Waals surface area contributed by atoms with Gasteiger partial charge in [0.05, 0.1) is 19.9 Å². The molecular weight excluding hydrogens is 348 g/mol. The van der Waals surface area contributed by atoms with Crippen molar-refractivity contribution >= 4 is 22.4 Å². The summed E-state index contributed by atoms with van der Waals surface area (Å²) in [4.78, 5) is 17.0. The van der Waals surface area contributed by atoms with Crippen LogP contribution in [0.1, 0.15) is 22.8 Å². The maximum Gasteiger partial charge on any atom is 0.257 e. The average molecular weight is 368 g/mol. The van der Waals surface area contributed by atoms with Gasteiger partial charge in [-0.3, -0.25) is 10.1 Å². The van der Waals surface area contributed by atoms with E-state index in [2.05, 4.69) is 29.4 Å². The van der Waals surface area contributed by atoms with Crippen LogP contribution >= 0.6 is 11.3 Å². The first-order chi connectivity index (χ1) is 12.6. The third-order valence-corrected chi connectivity index (χ3v) is 4.79. The number of nitrogens with zero attached hydrogens (tertiary/aromatic N) is 1. The van der Waals surface area contributed by atoms with Crippen LogP contribution in [0.4, 0.5) is 5.13 Å². The number of nitrogens with one attached hydrogen (secondary N) is 1. The molecule has 0 fully saturated rings. The van der Waals surface area contributed by atoms with Crippen LogP contribution < -0.4 is 14.8 Å². The van der Waals surface area contributed by atoms with Gasteiger partial charge in [-0.2, -0.15) is 0 Å². The van der Waals surface area contributed by atoms with Crippen molar-refractivity contribution in [2.45, 2.75) is 13.3 Å². The summed E-state index contributed by atoms with van der Waals surface area (Å²) in [5.74, 6) is 0.847. The summed E-state index contributed by atoms with van der Waals surface area (Å²) >= 11 is 1.40. The molecule has 6 heteroatoms. The van der Waals surface area contributed by atoms with Crippen LogP contribution in [0.15, 0.2) is 47.8 Å². The third kappa shape index (κ3) is 3.86. The molecular formula is C20H20N2O3S. The summed E-state index contributed by atoms with van der Waals surface area (Å²) < 4.78 is 10.4. The monoisotopic (exact) mass is 368 g/mol. The van der Waals surface area contributed by atoms with Gasteiger partial charge in [0.25, 0.3) is 5.91 Å². The molecule has 0 atom stereocenters. The molecule has 0 aliphatic heterocycles. The lowest BCUT2D eigenvalue weighted by Gasteiger charge is -2.09. The van der Waals surface area contributed by atoms with Crippen LogP contribution in [-0.2, 0) is 6.42 Å². The number of hydrogen-bond acceptors (Lipinski definition) is 5. The van der Waals surface area contributed by atoms with Crippen molar-refractivity contribution in [1.29, 1.82) is 0 Å². The lowest BCUT2D eigenvalue weighted by Crippen LogP contribution is -2.11. The van der Waals surface area contributed by atoms with Crippen molar-refractivity contribution in [1.82, 2.24) is 4.98 Å². The van der Waals surface area contributed by atoms with Gasteiger partial charge in [0.1, 0.15) is 0 Å². The second-order valence-electron chi connectivity index (χ2n) is 5.61. The fraction of sp³-hybridized carbons (Fsp3) is 0.200. The van der Waals surface area contributed by atoms with E-state index in [-0.39, 0.29) is 5.91 Å². The predicted octanol–water partition coefficient (Wildman–Crippen LogP) is 4.64. The summed E-state index contributed by atoms with van der Waals surface area (Å²) in [5, 5.41) is 5.32. The molecule has 134 valence electrons. The largest absolute Gasteiger partial charge is 0.493 e. The number of carbonyl (C=O) groups is 1. The van der Waals surface area contributed by atoms with Crippen LogP contribution in [0, 0.1) is 0 Å². The van der Waals surface area contributed by atoms with Crippen molar-refractivity contribution in [2.75, 3.05) is 19.5 Å². The number of hydrogen-bond donors (Lipinski definition) is 1. The maximum atomic E-state index is 12.5. The minimum atomic E-state index is -0.242. The maximum absolute atomic E-state index is 12.5. The Bertz CT molecular complexity index is 904. The number of ether oxygens (including phenoxy) is 2. The summed E-state index contributed by atoms with van der Waals surface area (Å²) in [7, 11) is 3.10. The van der Waals surface area contributed by atoms with Gasteiger partial charge in [-0.15, -0.1) is 11.3 Å². The van der Waals surface area contributed by atoms with Crippen molar-refractivity contribution in [3.8, 4) is 22.8 Å². The number of aromatic nitrogens is 1. The second kappa shape index (κ2) is 8.01. The van der Waals surface area contributed by atoms with Gasteiger partial charge >= 0.3 is 0 Å². The molecule has 1 aromatic heterocycles. The Labute approximate surface area is 156 Å². The van der Waals surface area contributed by atoms with Gasteiger partial charge in [-0.1, -0.05) is 31.2 Å². The van der Waals surface area contributed by atoms with E-state index >= 15 is 0 Å². The van der Waals surface area contributed by atoms with E-state index in [1.165, 1.54) is 24.0 Å². The zero-order valence-electron chi connectivity index (χ0n) is 14.9. The number of methoxy groups -OCH3 is 2. The third-order valence-electron chi connectivity index (χ3n) is 4.03. The predicted molar refractivity (Wildman–Crippen MR) is 104 cm³/mol. The quantitative estimate of drug-likeness (QED) is 0.688. The molecule has 0 aliphatic carbocycles. The number of rotatable bonds is 6. The lowest BCUT2D eigenvalue weighted by atomic mass is 10.1. The molecule has 1 N–H and O–H groups in total. The van der Waals surface area contributed by atoms with Gasteiger partial charge in [0, 0.05) is 16.5 Å². The van der Waals surface area contributed by atoms with Crippen molar-refractivity contribution in [3.63, 3.8) is 0 Å². The van der Waals surface area contributed by atoms with Crippen molar-refractivity contribution in [2.24, 2.45) is 0 Å². The molecule has 1 amide bonds. The highest BCUT2D eigenvalue weighted by molar-refractivity contribution is 7.14. The molecule has 0 bridgehead atoms. The molecule has 0 saturated heterocycles. The van der Waals surface area contributed by atoms with Crippen molar-refractivity contribution in [3.05, 3.63) is 59.0 Å². The zero-order valence-corrected chi connectivity index (χ0v) is 15.7. The molecule has 0 aliphatic rings. The SMILES string of the molecule is CCc1ccc(-c2csc(NC(=O)c3ccc(OC)c(OC)c3)n2)cc1. The van der Waals surface area contributed by atoms with Crippen LogP contribution in [0.25, 0.3) is 11.3 Å². The Morgan fingerprint density at radius 2 is 1.81 bits per heavy atom. The molecule has 3 aromatic rings. The summed E-state index contributed by atoms with van der Waals surface area (Å²) in [6.45, 7) is 2.12. The molecule has 3 rings (SSSR count). The molecule has 5 nitrogen and oxygen atoms in total. The lowest BCUT2D eigenvalue weighted by molar-refractivity contribution is 0.102. The van der Waals surface area contributed by atoms with Crippen molar-refractivity contribution < 1.29 is 14.3 Å². The smallest absolute Gasteiger partial charge is 0.257 e. The second-order valence-corrected chi connectivity index (χ2v) is 6.47. The van der Waals surface area contributed by atoms with E-state index in [0.717, 1.165) is 17.7 Å². The normalized spacial score (nSPS) is 10.4. The van der Waals surface area contributed by atoms with Gasteiger partial charge < -0.3 is 9.47 Å². The number of anilines is 1. The van der Waals surface area contributed by atoms with E-state index in [0.29, 0.717) is 22.2 Å².